The largest absolute Gasteiger partial charge is 0.309 e. The third-order valence-electron chi connectivity index (χ3n) is 2.93. The summed E-state index contributed by atoms with van der Waals surface area (Å²) in [6, 6.07) is 10.7. The molecule has 0 bridgehead atoms. The van der Waals surface area contributed by atoms with Crippen molar-refractivity contribution in [2.24, 2.45) is 0 Å². The van der Waals surface area contributed by atoms with Crippen LogP contribution in [0, 0.1) is 0 Å². The van der Waals surface area contributed by atoms with E-state index in [4.69, 9.17) is 0 Å². The van der Waals surface area contributed by atoms with Crippen LogP contribution in [0.2, 0.25) is 0 Å². The van der Waals surface area contributed by atoms with E-state index in [0.29, 0.717) is 4.90 Å². The first-order valence-electron chi connectivity index (χ1n) is 5.89. The SMILES string of the molecule is CNC(c1cccnc1)c1cccc(S(C)(=O)=O)c1. The maximum Gasteiger partial charge on any atom is 0.175 e. The van der Waals surface area contributed by atoms with Gasteiger partial charge in [-0.2, -0.15) is 0 Å². The van der Waals surface area contributed by atoms with Crippen molar-refractivity contribution in [2.45, 2.75) is 10.9 Å². The highest BCUT2D eigenvalue weighted by molar-refractivity contribution is 7.90. The number of rotatable bonds is 4. The molecule has 1 aromatic carbocycles. The van der Waals surface area contributed by atoms with Crippen LogP contribution in [0.3, 0.4) is 0 Å². The number of benzene rings is 1. The van der Waals surface area contributed by atoms with Gasteiger partial charge in [0, 0.05) is 18.6 Å². The molecule has 1 atom stereocenters. The number of aromatic nitrogens is 1. The number of sulfone groups is 1. The topological polar surface area (TPSA) is 59.1 Å². The summed E-state index contributed by atoms with van der Waals surface area (Å²) in [5.74, 6) is 0. The second-order valence-electron chi connectivity index (χ2n) is 4.35. The number of hydrogen-bond donors (Lipinski definition) is 1. The Hall–Kier alpha value is -1.72. The molecule has 0 saturated heterocycles. The molecule has 0 aliphatic carbocycles. The molecule has 1 unspecified atom stereocenters. The third kappa shape index (κ3) is 3.19. The van der Waals surface area contributed by atoms with Crippen LogP contribution in [0.15, 0.2) is 53.7 Å². The molecule has 2 aromatic rings. The molecular formula is C14H16N2O2S. The minimum absolute atomic E-state index is 0.0737. The van der Waals surface area contributed by atoms with Crippen LogP contribution < -0.4 is 5.32 Å². The minimum atomic E-state index is -3.19. The second-order valence-corrected chi connectivity index (χ2v) is 6.37. The highest BCUT2D eigenvalue weighted by atomic mass is 32.2. The molecule has 0 amide bonds. The predicted molar refractivity (Wildman–Crippen MR) is 74.7 cm³/mol. The second kappa shape index (κ2) is 5.50. The lowest BCUT2D eigenvalue weighted by atomic mass is 10.0. The Morgan fingerprint density at radius 3 is 2.47 bits per heavy atom. The van der Waals surface area contributed by atoms with Gasteiger partial charge >= 0.3 is 0 Å². The Morgan fingerprint density at radius 2 is 1.89 bits per heavy atom. The normalized spacial score (nSPS) is 13.2. The van der Waals surface area contributed by atoms with Crippen molar-refractivity contribution in [3.63, 3.8) is 0 Å². The van der Waals surface area contributed by atoms with E-state index in [1.54, 1.807) is 30.6 Å². The Bertz CT molecular complexity index is 654. The summed E-state index contributed by atoms with van der Waals surface area (Å²) in [6.07, 6.45) is 4.70. The predicted octanol–water partition coefficient (Wildman–Crippen LogP) is 1.79. The van der Waals surface area contributed by atoms with Crippen LogP contribution in [0.25, 0.3) is 0 Å². The van der Waals surface area contributed by atoms with Gasteiger partial charge in [0.25, 0.3) is 0 Å². The summed E-state index contributed by atoms with van der Waals surface area (Å²) >= 11 is 0. The van der Waals surface area contributed by atoms with Crippen LogP contribution >= 0.6 is 0 Å². The van der Waals surface area contributed by atoms with Gasteiger partial charge in [-0.1, -0.05) is 18.2 Å². The smallest absolute Gasteiger partial charge is 0.175 e. The Labute approximate surface area is 113 Å². The van der Waals surface area contributed by atoms with Gasteiger partial charge in [-0.05, 0) is 36.4 Å². The minimum Gasteiger partial charge on any atom is -0.309 e. The lowest BCUT2D eigenvalue weighted by Gasteiger charge is -2.17. The molecule has 0 spiro atoms. The van der Waals surface area contributed by atoms with Gasteiger partial charge in [0.2, 0.25) is 0 Å². The van der Waals surface area contributed by atoms with Crippen molar-refractivity contribution in [1.29, 1.82) is 0 Å². The number of nitrogens with zero attached hydrogens (tertiary/aromatic N) is 1. The molecule has 100 valence electrons. The zero-order valence-electron chi connectivity index (χ0n) is 10.9. The molecular weight excluding hydrogens is 260 g/mol. The summed E-state index contributed by atoms with van der Waals surface area (Å²) in [6.45, 7) is 0. The monoisotopic (exact) mass is 276 g/mol. The van der Waals surface area contributed by atoms with E-state index in [1.165, 1.54) is 6.26 Å². The highest BCUT2D eigenvalue weighted by Crippen LogP contribution is 2.23. The maximum atomic E-state index is 11.6. The van der Waals surface area contributed by atoms with E-state index in [9.17, 15) is 8.42 Å². The average Bonchev–Trinajstić information content (AvgIpc) is 2.40. The van der Waals surface area contributed by atoms with Gasteiger partial charge in [0.15, 0.2) is 9.84 Å². The van der Waals surface area contributed by atoms with Crippen molar-refractivity contribution in [3.05, 3.63) is 59.9 Å². The zero-order valence-corrected chi connectivity index (χ0v) is 11.7. The van der Waals surface area contributed by atoms with Gasteiger partial charge in [-0.3, -0.25) is 4.98 Å². The molecule has 5 heteroatoms. The van der Waals surface area contributed by atoms with Crippen LogP contribution in [-0.4, -0.2) is 26.7 Å². The van der Waals surface area contributed by atoms with Gasteiger partial charge in [-0.15, -0.1) is 0 Å². The van der Waals surface area contributed by atoms with Crippen LogP contribution in [0.4, 0.5) is 0 Å². The summed E-state index contributed by atoms with van der Waals surface area (Å²) in [5.41, 5.74) is 1.90. The Balaban J connectivity index is 2.45. The molecule has 0 saturated carbocycles. The van der Waals surface area contributed by atoms with Crippen molar-refractivity contribution in [1.82, 2.24) is 10.3 Å². The van der Waals surface area contributed by atoms with E-state index in [1.807, 2.05) is 25.2 Å². The van der Waals surface area contributed by atoms with Crippen LogP contribution in [0.1, 0.15) is 17.2 Å². The fraction of sp³-hybridized carbons (Fsp3) is 0.214. The van der Waals surface area contributed by atoms with Crippen molar-refractivity contribution in [2.75, 3.05) is 13.3 Å². The summed E-state index contributed by atoms with van der Waals surface area (Å²) in [7, 11) is -1.35. The average molecular weight is 276 g/mol. The third-order valence-corrected chi connectivity index (χ3v) is 4.04. The molecule has 19 heavy (non-hydrogen) atoms. The fourth-order valence-corrected chi connectivity index (χ4v) is 2.67. The molecule has 4 nitrogen and oxygen atoms in total. The van der Waals surface area contributed by atoms with E-state index < -0.39 is 9.84 Å². The number of hydrogen-bond acceptors (Lipinski definition) is 4. The van der Waals surface area contributed by atoms with E-state index in [-0.39, 0.29) is 6.04 Å². The molecule has 1 heterocycles. The van der Waals surface area contributed by atoms with Gasteiger partial charge < -0.3 is 5.32 Å². The summed E-state index contributed by atoms with van der Waals surface area (Å²) in [5, 5.41) is 3.18. The van der Waals surface area contributed by atoms with Gasteiger partial charge in [-0.25, -0.2) is 8.42 Å². The molecule has 0 fully saturated rings. The lowest BCUT2D eigenvalue weighted by Crippen LogP contribution is -2.18. The van der Waals surface area contributed by atoms with Crippen LogP contribution in [0.5, 0.6) is 0 Å². The van der Waals surface area contributed by atoms with E-state index in [0.717, 1.165) is 11.1 Å². The van der Waals surface area contributed by atoms with Gasteiger partial charge in [0.1, 0.15) is 0 Å². The Kier molecular flexibility index (Phi) is 3.97. The van der Waals surface area contributed by atoms with Crippen molar-refractivity contribution in [3.8, 4) is 0 Å². The molecule has 0 aliphatic heterocycles. The first-order chi connectivity index (χ1) is 9.02. The van der Waals surface area contributed by atoms with Gasteiger partial charge in [0.05, 0.1) is 10.9 Å². The van der Waals surface area contributed by atoms with Crippen LogP contribution in [-0.2, 0) is 9.84 Å². The number of nitrogens with one attached hydrogen (secondary N) is 1. The standard InChI is InChI=1S/C14H16N2O2S/c1-15-14(12-6-4-8-16-10-12)11-5-3-7-13(9-11)19(2,17)18/h3-10,14-15H,1-2H3. The number of pyridine rings is 1. The van der Waals surface area contributed by atoms with Crippen molar-refractivity contribution >= 4 is 9.84 Å². The molecule has 0 radical (unpaired) electrons. The first kappa shape index (κ1) is 13.7. The molecule has 0 aliphatic rings. The quantitative estimate of drug-likeness (QED) is 0.925. The molecule has 1 aromatic heterocycles. The fourth-order valence-electron chi connectivity index (χ4n) is 2.00. The Morgan fingerprint density at radius 1 is 1.16 bits per heavy atom. The molecule has 2 rings (SSSR count). The highest BCUT2D eigenvalue weighted by Gasteiger charge is 2.14. The zero-order chi connectivity index (χ0) is 13.9. The maximum absolute atomic E-state index is 11.6. The summed E-state index contributed by atoms with van der Waals surface area (Å²) < 4.78 is 23.2. The lowest BCUT2D eigenvalue weighted by molar-refractivity contribution is 0.601. The van der Waals surface area contributed by atoms with Crippen molar-refractivity contribution < 1.29 is 8.42 Å². The first-order valence-corrected chi connectivity index (χ1v) is 7.78. The van der Waals surface area contributed by atoms with E-state index in [2.05, 4.69) is 10.3 Å². The summed E-state index contributed by atoms with van der Waals surface area (Å²) in [4.78, 5) is 4.42. The van der Waals surface area contributed by atoms with E-state index >= 15 is 0 Å². The molecule has 1 N–H and O–H groups in total.